The number of aliphatic carboxylic acids is 1. The number of amides is 2. The first kappa shape index (κ1) is 19.2. The van der Waals surface area contributed by atoms with Crippen molar-refractivity contribution in [2.45, 2.75) is 51.2 Å². The summed E-state index contributed by atoms with van der Waals surface area (Å²) in [6.45, 7) is 3.15. The van der Waals surface area contributed by atoms with Gasteiger partial charge in [0.05, 0.1) is 12.0 Å². The van der Waals surface area contributed by atoms with Gasteiger partial charge in [-0.05, 0) is 44.6 Å². The van der Waals surface area contributed by atoms with Gasteiger partial charge in [0, 0.05) is 19.2 Å². The summed E-state index contributed by atoms with van der Waals surface area (Å²) >= 11 is 0. The van der Waals surface area contributed by atoms with E-state index in [2.05, 4.69) is 10.6 Å². The zero-order valence-electron chi connectivity index (χ0n) is 14.7. The minimum atomic E-state index is -0.729. The molecule has 2 rings (SSSR count). The van der Waals surface area contributed by atoms with Gasteiger partial charge in [-0.3, -0.25) is 4.79 Å². The predicted molar refractivity (Wildman–Crippen MR) is 95.3 cm³/mol. The lowest BCUT2D eigenvalue weighted by Gasteiger charge is -2.26. The minimum absolute atomic E-state index is 0.0412. The van der Waals surface area contributed by atoms with Gasteiger partial charge in [-0.1, -0.05) is 30.3 Å². The maximum atomic E-state index is 11.9. The fourth-order valence-electron chi connectivity index (χ4n) is 3.08. The lowest BCUT2D eigenvalue weighted by Crippen LogP contribution is -2.44. The highest BCUT2D eigenvalue weighted by molar-refractivity contribution is 5.74. The lowest BCUT2D eigenvalue weighted by atomic mass is 9.86. The van der Waals surface area contributed by atoms with E-state index >= 15 is 0 Å². The number of carbonyl (C=O) groups excluding carboxylic acids is 1. The summed E-state index contributed by atoms with van der Waals surface area (Å²) in [6, 6.07) is 9.92. The SMILES string of the molecule is CC(OCCCNC(=O)NC1CCC(C(=O)O)CC1)c1ccccc1. The topological polar surface area (TPSA) is 87.7 Å². The van der Waals surface area contributed by atoms with Crippen molar-refractivity contribution in [3.63, 3.8) is 0 Å². The molecule has 0 bridgehead atoms. The number of carboxylic acid groups (broad SMARTS) is 1. The standard InChI is InChI=1S/C19H28N2O4/c1-14(15-6-3-2-4-7-15)25-13-5-12-20-19(24)21-17-10-8-16(9-11-17)18(22)23/h2-4,6-7,14,16-17H,5,8-13H2,1H3,(H,22,23)(H2,20,21,24). The zero-order valence-corrected chi connectivity index (χ0v) is 14.7. The Labute approximate surface area is 149 Å². The predicted octanol–water partition coefficient (Wildman–Crippen LogP) is 3.10. The van der Waals surface area contributed by atoms with Crippen LogP contribution < -0.4 is 10.6 Å². The van der Waals surface area contributed by atoms with Crippen molar-refractivity contribution in [1.82, 2.24) is 10.6 Å². The van der Waals surface area contributed by atoms with Crippen molar-refractivity contribution in [3.05, 3.63) is 35.9 Å². The van der Waals surface area contributed by atoms with E-state index in [9.17, 15) is 9.59 Å². The molecular formula is C19H28N2O4. The average molecular weight is 348 g/mol. The van der Waals surface area contributed by atoms with E-state index in [1.54, 1.807) is 0 Å². The van der Waals surface area contributed by atoms with E-state index in [0.717, 1.165) is 24.8 Å². The molecule has 1 aromatic rings. The number of rotatable bonds is 8. The molecule has 6 nitrogen and oxygen atoms in total. The van der Waals surface area contributed by atoms with Gasteiger partial charge in [0.2, 0.25) is 0 Å². The molecule has 1 fully saturated rings. The molecule has 0 aromatic heterocycles. The van der Waals surface area contributed by atoms with Gasteiger partial charge < -0.3 is 20.5 Å². The second-order valence-electron chi connectivity index (χ2n) is 6.56. The Kier molecular flexibility index (Phi) is 7.73. The maximum Gasteiger partial charge on any atom is 0.315 e. The van der Waals surface area contributed by atoms with E-state index in [1.807, 2.05) is 37.3 Å². The Morgan fingerprint density at radius 1 is 1.20 bits per heavy atom. The summed E-state index contributed by atoms with van der Waals surface area (Å²) in [6.07, 6.45) is 3.50. The number of ether oxygens (including phenoxy) is 1. The fraction of sp³-hybridized carbons (Fsp3) is 0.579. The number of benzene rings is 1. The molecule has 1 aliphatic carbocycles. The first-order valence-electron chi connectivity index (χ1n) is 9.00. The van der Waals surface area contributed by atoms with Crippen LogP contribution in [0.5, 0.6) is 0 Å². The third kappa shape index (κ3) is 6.74. The second-order valence-corrected chi connectivity index (χ2v) is 6.56. The average Bonchev–Trinajstić information content (AvgIpc) is 2.62. The summed E-state index contributed by atoms with van der Waals surface area (Å²) in [7, 11) is 0. The summed E-state index contributed by atoms with van der Waals surface area (Å²) in [5.74, 6) is -0.988. The number of carbonyl (C=O) groups is 2. The van der Waals surface area contributed by atoms with E-state index in [0.29, 0.717) is 26.0 Å². The Morgan fingerprint density at radius 3 is 2.52 bits per heavy atom. The van der Waals surface area contributed by atoms with Gasteiger partial charge in [-0.25, -0.2) is 4.79 Å². The molecule has 0 radical (unpaired) electrons. The van der Waals surface area contributed by atoms with Crippen LogP contribution in [0, 0.1) is 5.92 Å². The van der Waals surface area contributed by atoms with Crippen LogP contribution in [0.4, 0.5) is 4.79 Å². The Balaban J connectivity index is 1.53. The Bertz CT molecular complexity index is 542. The molecule has 0 heterocycles. The molecule has 0 spiro atoms. The van der Waals surface area contributed by atoms with Gasteiger partial charge in [0.15, 0.2) is 0 Å². The van der Waals surface area contributed by atoms with Gasteiger partial charge in [-0.2, -0.15) is 0 Å². The number of urea groups is 1. The van der Waals surface area contributed by atoms with E-state index in [-0.39, 0.29) is 24.1 Å². The van der Waals surface area contributed by atoms with Crippen LogP contribution in [0.1, 0.15) is 50.7 Å². The van der Waals surface area contributed by atoms with Gasteiger partial charge in [0.25, 0.3) is 0 Å². The molecule has 138 valence electrons. The minimum Gasteiger partial charge on any atom is -0.481 e. The number of nitrogens with one attached hydrogen (secondary N) is 2. The molecule has 1 aromatic carbocycles. The molecule has 2 amide bonds. The van der Waals surface area contributed by atoms with Crippen molar-refractivity contribution in [1.29, 1.82) is 0 Å². The number of hydrogen-bond donors (Lipinski definition) is 3. The molecule has 1 unspecified atom stereocenters. The van der Waals surface area contributed by atoms with E-state index < -0.39 is 5.97 Å². The van der Waals surface area contributed by atoms with Gasteiger partial charge in [-0.15, -0.1) is 0 Å². The van der Waals surface area contributed by atoms with Crippen LogP contribution in [0.3, 0.4) is 0 Å². The van der Waals surface area contributed by atoms with Gasteiger partial charge in [0.1, 0.15) is 0 Å². The molecule has 0 saturated heterocycles. The summed E-state index contributed by atoms with van der Waals surface area (Å²) < 4.78 is 5.77. The molecule has 1 atom stereocenters. The number of carboxylic acids is 1. The first-order chi connectivity index (χ1) is 12.1. The summed E-state index contributed by atoms with van der Waals surface area (Å²) in [5.41, 5.74) is 1.14. The largest absolute Gasteiger partial charge is 0.481 e. The van der Waals surface area contributed by atoms with Crippen molar-refractivity contribution >= 4 is 12.0 Å². The molecule has 0 aliphatic heterocycles. The summed E-state index contributed by atoms with van der Waals surface area (Å²) in [4.78, 5) is 22.8. The lowest BCUT2D eigenvalue weighted by molar-refractivity contribution is -0.142. The first-order valence-corrected chi connectivity index (χ1v) is 9.00. The van der Waals surface area contributed by atoms with Crippen LogP contribution >= 0.6 is 0 Å². The maximum absolute atomic E-state index is 11.9. The Morgan fingerprint density at radius 2 is 1.88 bits per heavy atom. The molecule has 1 aliphatic rings. The number of hydrogen-bond acceptors (Lipinski definition) is 3. The summed E-state index contributed by atoms with van der Waals surface area (Å²) in [5, 5.41) is 14.7. The molecule has 3 N–H and O–H groups in total. The van der Waals surface area contributed by atoms with Crippen molar-refractivity contribution < 1.29 is 19.4 Å². The fourth-order valence-corrected chi connectivity index (χ4v) is 3.08. The molecular weight excluding hydrogens is 320 g/mol. The smallest absolute Gasteiger partial charge is 0.315 e. The van der Waals surface area contributed by atoms with Crippen LogP contribution in [-0.4, -0.2) is 36.3 Å². The van der Waals surface area contributed by atoms with Crippen molar-refractivity contribution in [2.75, 3.05) is 13.2 Å². The third-order valence-electron chi connectivity index (χ3n) is 4.66. The highest BCUT2D eigenvalue weighted by Crippen LogP contribution is 2.24. The molecule has 25 heavy (non-hydrogen) atoms. The Hall–Kier alpha value is -2.08. The van der Waals surface area contributed by atoms with E-state index in [4.69, 9.17) is 9.84 Å². The van der Waals surface area contributed by atoms with Crippen molar-refractivity contribution in [2.24, 2.45) is 5.92 Å². The van der Waals surface area contributed by atoms with Crippen LogP contribution in [0.15, 0.2) is 30.3 Å². The van der Waals surface area contributed by atoms with Crippen molar-refractivity contribution in [3.8, 4) is 0 Å². The monoisotopic (exact) mass is 348 g/mol. The van der Waals surface area contributed by atoms with Crippen LogP contribution in [0.2, 0.25) is 0 Å². The molecule has 6 heteroatoms. The van der Waals surface area contributed by atoms with Crippen LogP contribution in [0.25, 0.3) is 0 Å². The van der Waals surface area contributed by atoms with Gasteiger partial charge >= 0.3 is 12.0 Å². The second kappa shape index (κ2) is 10.0. The highest BCUT2D eigenvalue weighted by atomic mass is 16.5. The van der Waals surface area contributed by atoms with Crippen LogP contribution in [-0.2, 0) is 9.53 Å². The highest BCUT2D eigenvalue weighted by Gasteiger charge is 2.26. The zero-order chi connectivity index (χ0) is 18.1. The van der Waals surface area contributed by atoms with E-state index in [1.165, 1.54) is 0 Å². The molecule has 1 saturated carbocycles. The normalized spacial score (nSPS) is 21.3. The third-order valence-corrected chi connectivity index (χ3v) is 4.66. The quantitative estimate of drug-likeness (QED) is 0.630.